The highest BCUT2D eigenvalue weighted by Crippen LogP contribution is 2.34. The van der Waals surface area contributed by atoms with Crippen molar-refractivity contribution in [3.8, 4) is 0 Å². The van der Waals surface area contributed by atoms with Gasteiger partial charge in [-0.05, 0) is 55.0 Å². The van der Waals surface area contributed by atoms with Crippen LogP contribution in [0.4, 0.5) is 8.78 Å². The summed E-state index contributed by atoms with van der Waals surface area (Å²) in [6, 6.07) is 5.15. The van der Waals surface area contributed by atoms with Crippen LogP contribution in [-0.2, 0) is 12.8 Å². The lowest BCUT2D eigenvalue weighted by molar-refractivity contribution is 0.577. The maximum Gasteiger partial charge on any atom is 0.126 e. The van der Waals surface area contributed by atoms with Gasteiger partial charge in [0.25, 0.3) is 0 Å². The lowest BCUT2D eigenvalue weighted by Crippen LogP contribution is -2.10. The predicted molar refractivity (Wildman–Crippen MR) is 73.3 cm³/mol. The average molecular weight is 279 g/mol. The zero-order chi connectivity index (χ0) is 13.4. The Morgan fingerprint density at radius 1 is 1.00 bits per heavy atom. The van der Waals surface area contributed by atoms with Crippen molar-refractivity contribution in [1.82, 2.24) is 0 Å². The summed E-state index contributed by atoms with van der Waals surface area (Å²) in [4.78, 5) is 2.38. The van der Waals surface area contributed by atoms with Crippen LogP contribution in [0.15, 0.2) is 24.3 Å². The van der Waals surface area contributed by atoms with Gasteiger partial charge in [0.15, 0.2) is 0 Å². The second kappa shape index (κ2) is 5.02. The SMILES string of the molecule is NC(c1cc(F)cc(F)c1)c1cc2c(s1)CCCC2. The Kier molecular flexibility index (Phi) is 3.37. The van der Waals surface area contributed by atoms with Gasteiger partial charge < -0.3 is 5.73 Å². The lowest BCUT2D eigenvalue weighted by Gasteiger charge is -2.10. The first-order chi connectivity index (χ1) is 9.13. The molecule has 0 saturated heterocycles. The fraction of sp³-hybridized carbons (Fsp3) is 0.333. The van der Waals surface area contributed by atoms with Crippen LogP contribution in [0.3, 0.4) is 0 Å². The number of benzene rings is 1. The molecule has 1 aromatic heterocycles. The molecule has 2 aromatic rings. The zero-order valence-corrected chi connectivity index (χ0v) is 11.3. The third-order valence-corrected chi connectivity index (χ3v) is 4.89. The van der Waals surface area contributed by atoms with Crippen molar-refractivity contribution < 1.29 is 8.78 Å². The first-order valence-corrected chi connectivity index (χ1v) is 7.28. The van der Waals surface area contributed by atoms with Crippen molar-refractivity contribution in [3.63, 3.8) is 0 Å². The third-order valence-electron chi connectivity index (χ3n) is 3.57. The maximum absolute atomic E-state index is 13.2. The Morgan fingerprint density at radius 3 is 2.37 bits per heavy atom. The molecule has 0 bridgehead atoms. The predicted octanol–water partition coefficient (Wildman–Crippen LogP) is 3.95. The van der Waals surface area contributed by atoms with E-state index >= 15 is 0 Å². The molecule has 1 aliphatic carbocycles. The smallest absolute Gasteiger partial charge is 0.126 e. The van der Waals surface area contributed by atoms with Crippen LogP contribution in [0.25, 0.3) is 0 Å². The van der Waals surface area contributed by atoms with Gasteiger partial charge in [-0.1, -0.05) is 0 Å². The first kappa shape index (κ1) is 12.8. The lowest BCUT2D eigenvalue weighted by atomic mass is 9.98. The molecule has 100 valence electrons. The molecule has 0 fully saturated rings. The number of hydrogen-bond acceptors (Lipinski definition) is 2. The van der Waals surface area contributed by atoms with E-state index in [4.69, 9.17) is 5.73 Å². The normalized spacial score (nSPS) is 16.2. The van der Waals surface area contributed by atoms with Crippen molar-refractivity contribution >= 4 is 11.3 Å². The fourth-order valence-corrected chi connectivity index (χ4v) is 3.87. The highest BCUT2D eigenvalue weighted by molar-refractivity contribution is 7.12. The monoisotopic (exact) mass is 279 g/mol. The third kappa shape index (κ3) is 2.55. The van der Waals surface area contributed by atoms with Gasteiger partial charge in [0.2, 0.25) is 0 Å². The Balaban J connectivity index is 1.94. The van der Waals surface area contributed by atoms with E-state index in [1.165, 1.54) is 35.4 Å². The van der Waals surface area contributed by atoms with Crippen LogP contribution in [0.1, 0.15) is 39.8 Å². The second-order valence-corrected chi connectivity index (χ2v) is 6.15. The van der Waals surface area contributed by atoms with Gasteiger partial charge >= 0.3 is 0 Å². The molecule has 1 atom stereocenters. The summed E-state index contributed by atoms with van der Waals surface area (Å²) in [5.41, 5.74) is 8.00. The van der Waals surface area contributed by atoms with Crippen LogP contribution < -0.4 is 5.73 Å². The summed E-state index contributed by atoms with van der Waals surface area (Å²) in [7, 11) is 0. The Bertz CT molecular complexity index is 562. The van der Waals surface area contributed by atoms with E-state index in [1.54, 1.807) is 11.3 Å². The number of nitrogens with two attached hydrogens (primary N) is 1. The average Bonchev–Trinajstić information content (AvgIpc) is 2.80. The van der Waals surface area contributed by atoms with E-state index in [2.05, 4.69) is 6.07 Å². The molecule has 1 unspecified atom stereocenters. The van der Waals surface area contributed by atoms with Gasteiger partial charge in [0, 0.05) is 15.8 Å². The van der Waals surface area contributed by atoms with Crippen molar-refractivity contribution in [1.29, 1.82) is 0 Å². The number of aryl methyl sites for hydroxylation is 2. The van der Waals surface area contributed by atoms with E-state index in [9.17, 15) is 8.78 Å². The molecule has 0 aliphatic heterocycles. The summed E-state index contributed by atoms with van der Waals surface area (Å²) < 4.78 is 26.5. The molecule has 4 heteroatoms. The molecule has 0 saturated carbocycles. The molecule has 0 amide bonds. The first-order valence-electron chi connectivity index (χ1n) is 6.46. The molecule has 0 spiro atoms. The molecule has 1 heterocycles. The van der Waals surface area contributed by atoms with Gasteiger partial charge in [-0.15, -0.1) is 11.3 Å². The van der Waals surface area contributed by atoms with Crippen LogP contribution in [0, 0.1) is 11.6 Å². The minimum Gasteiger partial charge on any atom is -0.320 e. The largest absolute Gasteiger partial charge is 0.320 e. The number of halogens is 2. The Morgan fingerprint density at radius 2 is 1.68 bits per heavy atom. The standard InChI is InChI=1S/C15H15F2NS/c16-11-5-10(6-12(17)8-11)15(18)14-7-9-3-1-2-4-13(9)19-14/h5-8,15H,1-4,18H2. The number of fused-ring (bicyclic) bond motifs is 1. The molecular weight excluding hydrogens is 264 g/mol. The fourth-order valence-electron chi connectivity index (χ4n) is 2.59. The van der Waals surface area contributed by atoms with Gasteiger partial charge in [-0.3, -0.25) is 0 Å². The summed E-state index contributed by atoms with van der Waals surface area (Å²) in [5, 5.41) is 0. The Labute approximate surface area is 115 Å². The summed E-state index contributed by atoms with van der Waals surface area (Å²) in [5.74, 6) is -1.15. The zero-order valence-electron chi connectivity index (χ0n) is 10.5. The molecule has 2 N–H and O–H groups in total. The van der Waals surface area contributed by atoms with E-state index in [0.717, 1.165) is 23.8 Å². The van der Waals surface area contributed by atoms with Crippen molar-refractivity contribution in [3.05, 3.63) is 56.8 Å². The number of thiophene rings is 1. The van der Waals surface area contributed by atoms with Crippen LogP contribution in [-0.4, -0.2) is 0 Å². The number of rotatable bonds is 2. The summed E-state index contributed by atoms with van der Waals surface area (Å²) in [6.07, 6.45) is 4.63. The van der Waals surface area contributed by atoms with Crippen LogP contribution >= 0.6 is 11.3 Å². The summed E-state index contributed by atoms with van der Waals surface area (Å²) in [6.45, 7) is 0. The van der Waals surface area contributed by atoms with Crippen LogP contribution in [0.5, 0.6) is 0 Å². The quantitative estimate of drug-likeness (QED) is 0.885. The van der Waals surface area contributed by atoms with E-state index in [-0.39, 0.29) is 0 Å². The minimum absolute atomic E-state index is 0.444. The molecule has 3 rings (SSSR count). The molecule has 1 aromatic carbocycles. The van der Waals surface area contributed by atoms with Gasteiger partial charge in [0.1, 0.15) is 11.6 Å². The second-order valence-electron chi connectivity index (χ2n) is 4.98. The summed E-state index contributed by atoms with van der Waals surface area (Å²) >= 11 is 1.68. The highest BCUT2D eigenvalue weighted by Gasteiger charge is 2.18. The van der Waals surface area contributed by atoms with Crippen molar-refractivity contribution in [2.24, 2.45) is 5.73 Å². The van der Waals surface area contributed by atoms with Crippen molar-refractivity contribution in [2.75, 3.05) is 0 Å². The molecular formula is C15H15F2NS. The van der Waals surface area contributed by atoms with E-state index < -0.39 is 17.7 Å². The molecule has 0 radical (unpaired) electrons. The molecule has 1 aliphatic rings. The van der Waals surface area contributed by atoms with Crippen LogP contribution in [0.2, 0.25) is 0 Å². The van der Waals surface area contributed by atoms with E-state index in [1.807, 2.05) is 0 Å². The van der Waals surface area contributed by atoms with E-state index in [0.29, 0.717) is 5.56 Å². The number of hydrogen-bond donors (Lipinski definition) is 1. The molecule has 19 heavy (non-hydrogen) atoms. The molecule has 1 nitrogen and oxygen atoms in total. The van der Waals surface area contributed by atoms with Gasteiger partial charge in [-0.25, -0.2) is 8.78 Å². The highest BCUT2D eigenvalue weighted by atomic mass is 32.1. The van der Waals surface area contributed by atoms with Crippen molar-refractivity contribution in [2.45, 2.75) is 31.7 Å². The topological polar surface area (TPSA) is 26.0 Å². The maximum atomic E-state index is 13.2. The van der Waals surface area contributed by atoms with Gasteiger partial charge in [-0.2, -0.15) is 0 Å². The Hall–Kier alpha value is -1.26. The minimum atomic E-state index is -0.577. The van der Waals surface area contributed by atoms with Gasteiger partial charge in [0.05, 0.1) is 6.04 Å².